The molecule has 0 aliphatic carbocycles. The van der Waals surface area contributed by atoms with Crippen LogP contribution in [0.2, 0.25) is 0 Å². The van der Waals surface area contributed by atoms with E-state index in [1.165, 1.54) is 0 Å². The van der Waals surface area contributed by atoms with Crippen LogP contribution in [0.25, 0.3) is 0 Å². The smallest absolute Gasteiger partial charge is 0.318 e. The Morgan fingerprint density at radius 1 is 1.53 bits per heavy atom. The highest BCUT2D eigenvalue weighted by molar-refractivity contribution is 5.93. The third-order valence-electron chi connectivity index (χ3n) is 2.60. The zero-order valence-electron chi connectivity index (χ0n) is 8.61. The number of carbonyl (C=O) groups is 2. The lowest BCUT2D eigenvalue weighted by Crippen LogP contribution is -2.39. The molecule has 1 rings (SSSR count). The molecule has 0 aromatic heterocycles. The molecule has 86 valence electrons. The molecule has 0 radical (unpaired) electrons. The highest BCUT2D eigenvalue weighted by atomic mass is 16.3. The number of carbonyl (C=O) groups excluding carboxylic acids is 2. The van der Waals surface area contributed by atoms with Crippen LogP contribution in [0.1, 0.15) is 19.3 Å². The first-order chi connectivity index (χ1) is 7.13. The second-order valence-corrected chi connectivity index (χ2v) is 3.68. The van der Waals surface area contributed by atoms with Gasteiger partial charge in [-0.3, -0.25) is 15.0 Å². The Balaban J connectivity index is 2.24. The van der Waals surface area contributed by atoms with Crippen molar-refractivity contribution in [1.29, 1.82) is 0 Å². The van der Waals surface area contributed by atoms with E-state index in [1.54, 1.807) is 0 Å². The normalized spacial score (nSPS) is 21.5. The van der Waals surface area contributed by atoms with Gasteiger partial charge < -0.3 is 10.8 Å². The molecule has 0 aromatic carbocycles. The number of nitrogens with one attached hydrogen (secondary N) is 1. The fourth-order valence-electron chi connectivity index (χ4n) is 1.84. The minimum atomic E-state index is -0.819. The summed E-state index contributed by atoms with van der Waals surface area (Å²) in [5.74, 6) is -0.369. The Morgan fingerprint density at radius 3 is 2.87 bits per heavy atom. The average Bonchev–Trinajstić information content (AvgIpc) is 2.60. The Kier molecular flexibility index (Phi) is 4.51. The van der Waals surface area contributed by atoms with Crippen LogP contribution in [-0.4, -0.2) is 47.7 Å². The fraction of sp³-hybridized carbons (Fsp3) is 0.778. The molecule has 0 aromatic rings. The van der Waals surface area contributed by atoms with Crippen molar-refractivity contribution >= 4 is 11.9 Å². The van der Waals surface area contributed by atoms with Crippen LogP contribution in [0.15, 0.2) is 0 Å². The molecule has 0 unspecified atom stereocenters. The molecule has 1 fully saturated rings. The van der Waals surface area contributed by atoms with E-state index in [1.807, 2.05) is 5.32 Å². The van der Waals surface area contributed by atoms with Crippen LogP contribution in [0.4, 0.5) is 4.79 Å². The third kappa shape index (κ3) is 3.85. The first-order valence-electron chi connectivity index (χ1n) is 5.07. The molecule has 0 spiro atoms. The van der Waals surface area contributed by atoms with E-state index in [4.69, 9.17) is 10.8 Å². The van der Waals surface area contributed by atoms with E-state index < -0.39 is 6.03 Å². The van der Waals surface area contributed by atoms with Crippen LogP contribution in [0.5, 0.6) is 0 Å². The molecule has 4 N–H and O–H groups in total. The molecule has 1 heterocycles. The minimum Gasteiger partial charge on any atom is -0.395 e. The maximum Gasteiger partial charge on any atom is 0.318 e. The number of urea groups is 1. The van der Waals surface area contributed by atoms with E-state index in [0.717, 1.165) is 19.4 Å². The van der Waals surface area contributed by atoms with Gasteiger partial charge in [-0.15, -0.1) is 0 Å². The summed E-state index contributed by atoms with van der Waals surface area (Å²) in [5.41, 5.74) is 4.81. The summed E-state index contributed by atoms with van der Waals surface area (Å²) in [6.07, 6.45) is 2.25. The number of nitrogens with two attached hydrogens (primary N) is 1. The highest BCUT2D eigenvalue weighted by Crippen LogP contribution is 2.16. The summed E-state index contributed by atoms with van der Waals surface area (Å²) >= 11 is 0. The Morgan fingerprint density at radius 2 is 2.27 bits per heavy atom. The average molecular weight is 215 g/mol. The van der Waals surface area contributed by atoms with Crippen molar-refractivity contribution in [3.63, 3.8) is 0 Å². The van der Waals surface area contributed by atoms with Gasteiger partial charge in [0.05, 0.1) is 6.61 Å². The van der Waals surface area contributed by atoms with Gasteiger partial charge in [-0.25, -0.2) is 4.79 Å². The number of hydrogen-bond acceptors (Lipinski definition) is 4. The van der Waals surface area contributed by atoms with Gasteiger partial charge in [-0.1, -0.05) is 0 Å². The number of hydrogen-bond donors (Lipinski definition) is 3. The van der Waals surface area contributed by atoms with Gasteiger partial charge in [0, 0.05) is 19.0 Å². The van der Waals surface area contributed by atoms with Crippen LogP contribution in [-0.2, 0) is 4.79 Å². The number of likely N-dealkylation sites (tertiary alicyclic amines) is 1. The summed E-state index contributed by atoms with van der Waals surface area (Å²) in [4.78, 5) is 23.5. The molecule has 0 saturated carbocycles. The first kappa shape index (κ1) is 11.9. The zero-order valence-corrected chi connectivity index (χ0v) is 8.61. The molecule has 1 saturated heterocycles. The second kappa shape index (κ2) is 5.67. The lowest BCUT2D eigenvalue weighted by molar-refractivity contribution is -0.120. The number of rotatable bonds is 4. The van der Waals surface area contributed by atoms with Crippen LogP contribution >= 0.6 is 0 Å². The lowest BCUT2D eigenvalue weighted by atomic mass is 10.2. The molecule has 6 nitrogen and oxygen atoms in total. The van der Waals surface area contributed by atoms with Crippen molar-refractivity contribution in [2.45, 2.75) is 25.3 Å². The van der Waals surface area contributed by atoms with Crippen molar-refractivity contribution in [1.82, 2.24) is 10.2 Å². The molecule has 0 bridgehead atoms. The second-order valence-electron chi connectivity index (χ2n) is 3.68. The van der Waals surface area contributed by atoms with Crippen molar-refractivity contribution in [2.75, 3.05) is 19.7 Å². The van der Waals surface area contributed by atoms with E-state index in [0.29, 0.717) is 6.54 Å². The number of aliphatic hydroxyl groups excluding tert-OH is 1. The number of nitrogens with zero attached hydrogens (tertiary/aromatic N) is 1. The van der Waals surface area contributed by atoms with E-state index in [-0.39, 0.29) is 25.0 Å². The lowest BCUT2D eigenvalue weighted by Gasteiger charge is -2.21. The van der Waals surface area contributed by atoms with Gasteiger partial charge in [-0.05, 0) is 19.4 Å². The molecule has 1 aliphatic heterocycles. The van der Waals surface area contributed by atoms with Crippen molar-refractivity contribution in [3.8, 4) is 0 Å². The molecule has 15 heavy (non-hydrogen) atoms. The largest absolute Gasteiger partial charge is 0.395 e. The molecular formula is C9H17N3O3. The van der Waals surface area contributed by atoms with Gasteiger partial charge >= 0.3 is 6.03 Å². The quantitative estimate of drug-likeness (QED) is 0.562. The third-order valence-corrected chi connectivity index (χ3v) is 2.60. The Labute approximate surface area is 88.4 Å². The summed E-state index contributed by atoms with van der Waals surface area (Å²) < 4.78 is 0. The van der Waals surface area contributed by atoms with Gasteiger partial charge in [0.25, 0.3) is 0 Å². The maximum absolute atomic E-state index is 11.1. The number of aliphatic hydroxyl groups is 1. The van der Waals surface area contributed by atoms with E-state index in [9.17, 15) is 9.59 Å². The first-order valence-corrected chi connectivity index (χ1v) is 5.07. The van der Waals surface area contributed by atoms with Crippen molar-refractivity contribution in [2.24, 2.45) is 5.73 Å². The van der Waals surface area contributed by atoms with Crippen LogP contribution in [0, 0.1) is 0 Å². The minimum absolute atomic E-state index is 0.122. The SMILES string of the molecule is NC(=O)NC(=O)CCN1CCC[C@@H]1CO. The molecule has 1 aliphatic rings. The van der Waals surface area contributed by atoms with Gasteiger partial charge in [0.2, 0.25) is 5.91 Å². The number of primary amides is 1. The predicted octanol–water partition coefficient (Wildman–Crippen LogP) is -0.972. The van der Waals surface area contributed by atoms with Gasteiger partial charge in [-0.2, -0.15) is 0 Å². The maximum atomic E-state index is 11.1. The molecular weight excluding hydrogens is 198 g/mol. The number of amides is 3. The fourth-order valence-corrected chi connectivity index (χ4v) is 1.84. The summed E-state index contributed by atoms with van der Waals surface area (Å²) in [5, 5.41) is 11.0. The van der Waals surface area contributed by atoms with Gasteiger partial charge in [0.15, 0.2) is 0 Å². The predicted molar refractivity (Wildman–Crippen MR) is 54.0 cm³/mol. The topological polar surface area (TPSA) is 95.7 Å². The van der Waals surface area contributed by atoms with E-state index in [2.05, 4.69) is 4.90 Å². The highest BCUT2D eigenvalue weighted by Gasteiger charge is 2.23. The zero-order chi connectivity index (χ0) is 11.3. The monoisotopic (exact) mass is 215 g/mol. The van der Waals surface area contributed by atoms with Crippen LogP contribution in [0.3, 0.4) is 0 Å². The van der Waals surface area contributed by atoms with Crippen molar-refractivity contribution < 1.29 is 14.7 Å². The molecule has 3 amide bonds. The summed E-state index contributed by atoms with van der Waals surface area (Å²) in [6.45, 7) is 1.58. The Bertz CT molecular complexity index is 245. The van der Waals surface area contributed by atoms with E-state index >= 15 is 0 Å². The molecule has 1 atom stereocenters. The van der Waals surface area contributed by atoms with Gasteiger partial charge in [0.1, 0.15) is 0 Å². The Hall–Kier alpha value is -1.14. The summed E-state index contributed by atoms with van der Waals surface area (Å²) in [7, 11) is 0. The van der Waals surface area contributed by atoms with Crippen molar-refractivity contribution in [3.05, 3.63) is 0 Å². The molecule has 6 heteroatoms. The standard InChI is InChI=1S/C9H17N3O3/c10-9(15)11-8(14)3-5-12-4-1-2-7(12)6-13/h7,13H,1-6H2,(H3,10,11,14,15)/t7-/m1/s1. The summed E-state index contributed by atoms with van der Waals surface area (Å²) in [6, 6.07) is -0.661. The van der Waals surface area contributed by atoms with Crippen LogP contribution < -0.4 is 11.1 Å². The number of imide groups is 1.